The van der Waals surface area contributed by atoms with Crippen LogP contribution >= 0.6 is 0 Å². The highest BCUT2D eigenvalue weighted by Gasteiger charge is 2.28. The van der Waals surface area contributed by atoms with Crippen molar-refractivity contribution in [1.82, 2.24) is 4.31 Å². The van der Waals surface area contributed by atoms with E-state index in [9.17, 15) is 12.8 Å². The summed E-state index contributed by atoms with van der Waals surface area (Å²) >= 11 is 0. The quantitative estimate of drug-likeness (QED) is 0.908. The maximum atomic E-state index is 13.3. The van der Waals surface area contributed by atoms with Crippen LogP contribution in [0.25, 0.3) is 0 Å². The topological polar surface area (TPSA) is 66.8 Å². The van der Waals surface area contributed by atoms with E-state index in [0.717, 1.165) is 6.07 Å². The number of sulfonamides is 1. The maximum Gasteiger partial charge on any atom is 0.243 e. The minimum absolute atomic E-state index is 0.00273. The minimum atomic E-state index is -3.69. The molecule has 0 aromatic heterocycles. The normalized spacial score (nSPS) is 21.6. The van der Waals surface area contributed by atoms with Crippen molar-refractivity contribution >= 4 is 10.0 Å². The van der Waals surface area contributed by atoms with Crippen LogP contribution in [0, 0.1) is 5.82 Å². The molecule has 1 aromatic rings. The second-order valence-corrected chi connectivity index (χ2v) is 6.75. The summed E-state index contributed by atoms with van der Waals surface area (Å²) in [6.07, 6.45) is 0.447. The Morgan fingerprint density at radius 1 is 1.50 bits per heavy atom. The van der Waals surface area contributed by atoms with Gasteiger partial charge in [-0.2, -0.15) is 4.31 Å². The molecule has 1 aromatic carbocycles. The van der Waals surface area contributed by atoms with E-state index in [1.165, 1.54) is 16.4 Å². The largest absolute Gasteiger partial charge is 0.392 e. The molecule has 0 aliphatic carbocycles. The number of nitrogens with zero attached hydrogens (tertiary/aromatic N) is 1. The first-order valence-corrected chi connectivity index (χ1v) is 7.90. The second-order valence-electron chi connectivity index (χ2n) is 4.81. The van der Waals surface area contributed by atoms with Gasteiger partial charge in [0.15, 0.2) is 0 Å². The van der Waals surface area contributed by atoms with Gasteiger partial charge in [-0.25, -0.2) is 12.8 Å². The van der Waals surface area contributed by atoms with Crippen molar-refractivity contribution in [3.05, 3.63) is 29.6 Å². The fourth-order valence-corrected chi connectivity index (χ4v) is 3.76. The number of ether oxygens (including phenoxy) is 1. The predicted molar refractivity (Wildman–Crippen MR) is 71.1 cm³/mol. The van der Waals surface area contributed by atoms with Gasteiger partial charge >= 0.3 is 0 Å². The third-order valence-corrected chi connectivity index (χ3v) is 5.10. The number of halogens is 1. The Balaban J connectivity index is 2.33. The summed E-state index contributed by atoms with van der Waals surface area (Å²) in [5.41, 5.74) is -0.0230. The van der Waals surface area contributed by atoms with Gasteiger partial charge in [-0.05, 0) is 31.5 Å². The molecule has 1 heterocycles. The molecule has 2 rings (SSSR count). The maximum absolute atomic E-state index is 13.3. The Morgan fingerprint density at radius 3 is 2.95 bits per heavy atom. The van der Waals surface area contributed by atoms with Crippen molar-refractivity contribution in [2.45, 2.75) is 31.0 Å². The highest BCUT2D eigenvalue weighted by atomic mass is 32.2. The summed E-state index contributed by atoms with van der Waals surface area (Å²) in [5, 5.41) is 9.04. The van der Waals surface area contributed by atoms with Gasteiger partial charge in [0.25, 0.3) is 0 Å². The average molecular weight is 303 g/mol. The van der Waals surface area contributed by atoms with Gasteiger partial charge in [0.1, 0.15) is 5.82 Å². The van der Waals surface area contributed by atoms with E-state index < -0.39 is 22.4 Å². The van der Waals surface area contributed by atoms with E-state index in [2.05, 4.69) is 0 Å². The van der Waals surface area contributed by atoms with Crippen LogP contribution < -0.4 is 0 Å². The molecule has 1 aliphatic rings. The zero-order valence-electron chi connectivity index (χ0n) is 11.3. The predicted octanol–water partition coefficient (Wildman–Crippen LogP) is 1.12. The molecule has 20 heavy (non-hydrogen) atoms. The van der Waals surface area contributed by atoms with Crippen molar-refractivity contribution in [1.29, 1.82) is 0 Å². The number of rotatable bonds is 3. The summed E-state index contributed by atoms with van der Waals surface area (Å²) in [4.78, 5) is -0.00273. The molecule has 112 valence electrons. The molecular weight excluding hydrogens is 285 g/mol. The highest BCUT2D eigenvalue weighted by molar-refractivity contribution is 7.89. The number of aliphatic hydroxyl groups excluding tert-OH is 1. The van der Waals surface area contributed by atoms with Crippen LogP contribution in [0.5, 0.6) is 0 Å². The van der Waals surface area contributed by atoms with Crippen molar-refractivity contribution in [3.8, 4) is 0 Å². The summed E-state index contributed by atoms with van der Waals surface area (Å²) in [6.45, 7) is 2.46. The van der Waals surface area contributed by atoms with E-state index in [0.29, 0.717) is 19.6 Å². The van der Waals surface area contributed by atoms with Gasteiger partial charge in [-0.15, -0.1) is 0 Å². The van der Waals surface area contributed by atoms with Crippen molar-refractivity contribution < 1.29 is 22.7 Å². The fourth-order valence-electron chi connectivity index (χ4n) is 2.16. The van der Waals surface area contributed by atoms with Gasteiger partial charge in [0.05, 0.1) is 17.6 Å². The van der Waals surface area contributed by atoms with Crippen molar-refractivity contribution in [2.75, 3.05) is 19.7 Å². The van der Waals surface area contributed by atoms with Crippen LogP contribution in [0.1, 0.15) is 18.9 Å². The molecule has 1 atom stereocenters. The Bertz CT molecular complexity index is 576. The van der Waals surface area contributed by atoms with Gasteiger partial charge in [-0.3, -0.25) is 0 Å². The molecule has 1 N–H and O–H groups in total. The zero-order chi connectivity index (χ0) is 14.8. The van der Waals surface area contributed by atoms with Crippen LogP contribution in [0.2, 0.25) is 0 Å². The highest BCUT2D eigenvalue weighted by Crippen LogP contribution is 2.21. The Kier molecular flexibility index (Phi) is 4.74. The van der Waals surface area contributed by atoms with E-state index in [-0.39, 0.29) is 23.1 Å². The van der Waals surface area contributed by atoms with Crippen LogP contribution in [0.4, 0.5) is 4.39 Å². The lowest BCUT2D eigenvalue weighted by atomic mass is 10.2. The molecule has 0 amide bonds. The molecule has 0 radical (unpaired) electrons. The smallest absolute Gasteiger partial charge is 0.243 e. The molecule has 1 saturated heterocycles. The molecule has 0 spiro atoms. The lowest BCUT2D eigenvalue weighted by Crippen LogP contribution is -2.36. The van der Waals surface area contributed by atoms with E-state index in [1.807, 2.05) is 6.92 Å². The zero-order valence-corrected chi connectivity index (χ0v) is 12.1. The van der Waals surface area contributed by atoms with Crippen LogP contribution in [0.15, 0.2) is 23.1 Å². The summed E-state index contributed by atoms with van der Waals surface area (Å²) in [6, 6.07) is 3.47. The first-order chi connectivity index (χ1) is 9.45. The van der Waals surface area contributed by atoms with Crippen molar-refractivity contribution in [3.63, 3.8) is 0 Å². The fraction of sp³-hybridized carbons (Fsp3) is 0.538. The molecule has 1 aliphatic heterocycles. The molecular formula is C13H18FNO4S. The summed E-state index contributed by atoms with van der Waals surface area (Å²) in [7, 11) is -3.69. The van der Waals surface area contributed by atoms with Crippen LogP contribution in [-0.2, 0) is 21.4 Å². The van der Waals surface area contributed by atoms with Crippen LogP contribution in [0.3, 0.4) is 0 Å². The van der Waals surface area contributed by atoms with Crippen LogP contribution in [-0.4, -0.2) is 43.6 Å². The van der Waals surface area contributed by atoms with Gasteiger partial charge in [0, 0.05) is 25.3 Å². The first kappa shape index (κ1) is 15.4. The lowest BCUT2D eigenvalue weighted by molar-refractivity contribution is 0.0752. The van der Waals surface area contributed by atoms with Gasteiger partial charge in [0.2, 0.25) is 10.0 Å². The lowest BCUT2D eigenvalue weighted by Gasteiger charge is -2.22. The molecule has 7 heteroatoms. The monoisotopic (exact) mass is 303 g/mol. The van der Waals surface area contributed by atoms with Gasteiger partial charge in [-0.1, -0.05) is 0 Å². The molecule has 1 fully saturated rings. The van der Waals surface area contributed by atoms with E-state index >= 15 is 0 Å². The molecule has 1 unspecified atom stereocenters. The minimum Gasteiger partial charge on any atom is -0.392 e. The Labute approximate surface area is 118 Å². The standard InChI is InChI=1S/C13H18FNO4S/c1-10-8-15(5-2-6-19-10)20(17,18)12-3-4-13(14)11(7-12)9-16/h3-4,7,10,16H,2,5-6,8-9H2,1H3. The van der Waals surface area contributed by atoms with Crippen molar-refractivity contribution in [2.24, 2.45) is 0 Å². The summed E-state index contributed by atoms with van der Waals surface area (Å²) in [5.74, 6) is -0.612. The number of aliphatic hydroxyl groups is 1. The van der Waals surface area contributed by atoms with Gasteiger partial charge < -0.3 is 9.84 Å². The Hall–Kier alpha value is -1.02. The van der Waals surface area contributed by atoms with E-state index in [4.69, 9.17) is 9.84 Å². The number of benzene rings is 1. The molecule has 0 bridgehead atoms. The summed E-state index contributed by atoms with van der Waals surface area (Å²) < 4.78 is 45.2. The third kappa shape index (κ3) is 3.17. The number of hydrogen-bond donors (Lipinski definition) is 1. The molecule has 0 saturated carbocycles. The molecule has 5 nitrogen and oxygen atoms in total. The SMILES string of the molecule is CC1CN(S(=O)(=O)c2ccc(F)c(CO)c2)CCCO1. The average Bonchev–Trinajstić information content (AvgIpc) is 2.64. The number of hydrogen-bond acceptors (Lipinski definition) is 4. The second kappa shape index (κ2) is 6.17. The third-order valence-electron chi connectivity index (χ3n) is 3.24. The first-order valence-electron chi connectivity index (χ1n) is 6.46. The van der Waals surface area contributed by atoms with E-state index in [1.54, 1.807) is 0 Å². The Morgan fingerprint density at radius 2 is 2.25 bits per heavy atom.